The fourth-order valence-corrected chi connectivity index (χ4v) is 3.66. The quantitative estimate of drug-likeness (QED) is 0.624. The number of aromatic nitrogens is 1. The van der Waals surface area contributed by atoms with Crippen molar-refractivity contribution in [3.8, 4) is 11.1 Å². The van der Waals surface area contributed by atoms with Crippen molar-refractivity contribution in [2.24, 2.45) is 5.73 Å². The van der Waals surface area contributed by atoms with Crippen LogP contribution in [0.15, 0.2) is 65.8 Å². The molecule has 146 valence electrons. The lowest BCUT2D eigenvalue weighted by Crippen LogP contribution is -2.19. The topological polar surface area (TPSA) is 93.3 Å². The van der Waals surface area contributed by atoms with Gasteiger partial charge in [0.15, 0.2) is 9.84 Å². The van der Waals surface area contributed by atoms with Crippen molar-refractivity contribution in [3.63, 3.8) is 0 Å². The predicted octanol–water partition coefficient (Wildman–Crippen LogP) is 4.19. The predicted molar refractivity (Wildman–Crippen MR) is 111 cm³/mol. The average Bonchev–Trinajstić information content (AvgIpc) is 2.68. The first-order chi connectivity index (χ1) is 13.2. The maximum Gasteiger partial charge on any atom is 0.177 e. The number of hydrogen-bond donors (Lipinski definition) is 2. The second kappa shape index (κ2) is 8.19. The number of benzene rings is 2. The Hall–Kier alpha value is -1.96. The van der Waals surface area contributed by atoms with E-state index in [0.717, 1.165) is 11.8 Å². The van der Waals surface area contributed by atoms with Gasteiger partial charge >= 0.3 is 0 Å². The van der Waals surface area contributed by atoms with Gasteiger partial charge in [-0.2, -0.15) is 0 Å². The number of sulfone groups is 1. The van der Waals surface area contributed by atoms with Crippen LogP contribution in [0.25, 0.3) is 11.1 Å². The fraction of sp³-hybridized carbons (Fsp3) is 0.150. The summed E-state index contributed by atoms with van der Waals surface area (Å²) in [5.74, 6) is 0. The van der Waals surface area contributed by atoms with E-state index in [1.165, 1.54) is 6.20 Å². The Morgan fingerprint density at radius 2 is 1.57 bits per heavy atom. The van der Waals surface area contributed by atoms with Crippen molar-refractivity contribution in [2.75, 3.05) is 6.26 Å². The Kier molecular flexibility index (Phi) is 6.07. The smallest absolute Gasteiger partial charge is 0.177 e. The van der Waals surface area contributed by atoms with Gasteiger partial charge < -0.3 is 10.8 Å². The molecule has 0 aliphatic heterocycles. The Morgan fingerprint density at radius 1 is 0.929 bits per heavy atom. The zero-order valence-corrected chi connectivity index (χ0v) is 17.2. The van der Waals surface area contributed by atoms with Gasteiger partial charge in [-0.15, -0.1) is 0 Å². The average molecular weight is 437 g/mol. The van der Waals surface area contributed by atoms with Crippen LogP contribution in [0.4, 0.5) is 0 Å². The molecule has 28 heavy (non-hydrogen) atoms. The number of nitrogens with two attached hydrogens (primary N) is 1. The summed E-state index contributed by atoms with van der Waals surface area (Å²) in [5.41, 5.74) is 8.90. The molecule has 0 saturated heterocycles. The summed E-state index contributed by atoms with van der Waals surface area (Å²) in [6.45, 7) is 0. The third-order valence-corrected chi connectivity index (χ3v) is 6.21. The zero-order valence-electron chi connectivity index (χ0n) is 14.9. The Labute approximate surface area is 173 Å². The molecule has 3 N–H and O–H groups in total. The highest BCUT2D eigenvalue weighted by atomic mass is 35.5. The molecule has 2 unspecified atom stereocenters. The normalized spacial score (nSPS) is 13.9. The second-order valence-electron chi connectivity index (χ2n) is 6.45. The van der Waals surface area contributed by atoms with E-state index in [9.17, 15) is 13.5 Å². The first kappa shape index (κ1) is 20.8. The number of halogens is 2. The Balaban J connectivity index is 1.85. The van der Waals surface area contributed by atoms with E-state index in [1.807, 2.05) is 0 Å². The second-order valence-corrected chi connectivity index (χ2v) is 9.28. The van der Waals surface area contributed by atoms with Gasteiger partial charge in [0, 0.05) is 24.2 Å². The molecule has 0 aliphatic rings. The lowest BCUT2D eigenvalue weighted by atomic mass is 9.95. The first-order valence-corrected chi connectivity index (χ1v) is 11.0. The number of hydrogen-bond acceptors (Lipinski definition) is 5. The number of aliphatic hydroxyl groups is 1. The molecule has 0 fully saturated rings. The first-order valence-electron chi connectivity index (χ1n) is 8.31. The minimum Gasteiger partial charge on any atom is -0.386 e. The number of pyridine rings is 1. The van der Waals surface area contributed by atoms with Crippen LogP contribution >= 0.6 is 23.2 Å². The minimum absolute atomic E-state index is 0.149. The summed E-state index contributed by atoms with van der Waals surface area (Å²) in [6, 6.07) is 12.9. The summed E-state index contributed by atoms with van der Waals surface area (Å²) >= 11 is 11.9. The molecule has 5 nitrogen and oxygen atoms in total. The third-order valence-electron chi connectivity index (χ3n) is 4.40. The van der Waals surface area contributed by atoms with Crippen molar-refractivity contribution >= 4 is 33.0 Å². The minimum atomic E-state index is -3.34. The number of rotatable bonds is 5. The van der Waals surface area contributed by atoms with E-state index in [0.29, 0.717) is 26.7 Å². The maximum atomic E-state index is 11.7. The van der Waals surface area contributed by atoms with Gasteiger partial charge in [-0.1, -0.05) is 53.5 Å². The summed E-state index contributed by atoms with van der Waals surface area (Å²) in [5, 5.41) is 11.4. The molecule has 1 heterocycles. The lowest BCUT2D eigenvalue weighted by Gasteiger charge is -2.20. The van der Waals surface area contributed by atoms with Gasteiger partial charge in [0.1, 0.15) is 0 Å². The van der Waals surface area contributed by atoms with Gasteiger partial charge in [0.05, 0.1) is 27.1 Å². The van der Waals surface area contributed by atoms with Crippen molar-refractivity contribution in [2.45, 2.75) is 17.0 Å². The Bertz CT molecular complexity index is 1100. The molecule has 0 radical (unpaired) electrons. The number of nitrogens with zero attached hydrogens (tertiary/aromatic N) is 1. The molecule has 0 bridgehead atoms. The molecule has 8 heteroatoms. The highest BCUT2D eigenvalue weighted by molar-refractivity contribution is 7.90. The molecule has 0 saturated carbocycles. The molecule has 1 aromatic heterocycles. The van der Waals surface area contributed by atoms with Gasteiger partial charge in [-0.3, -0.25) is 4.98 Å². The van der Waals surface area contributed by atoms with Gasteiger partial charge in [0.2, 0.25) is 0 Å². The van der Waals surface area contributed by atoms with E-state index in [-0.39, 0.29) is 4.90 Å². The van der Waals surface area contributed by atoms with E-state index < -0.39 is 22.0 Å². The Morgan fingerprint density at radius 3 is 2.18 bits per heavy atom. The summed E-state index contributed by atoms with van der Waals surface area (Å²) in [4.78, 5) is 4.15. The van der Waals surface area contributed by atoms with E-state index in [1.54, 1.807) is 54.7 Å². The number of aliphatic hydroxyl groups excluding tert-OH is 1. The van der Waals surface area contributed by atoms with Gasteiger partial charge in [0.25, 0.3) is 0 Å². The SMILES string of the molecule is CS(=O)(=O)c1cncc(-c2ccc(C(O)C(N)c3ccc(Cl)c(Cl)c3)cc2)c1. The van der Waals surface area contributed by atoms with Gasteiger partial charge in [-0.25, -0.2) is 8.42 Å². The summed E-state index contributed by atoms with van der Waals surface area (Å²) in [7, 11) is -3.34. The fourth-order valence-electron chi connectivity index (χ4n) is 2.76. The van der Waals surface area contributed by atoms with Crippen LogP contribution in [0, 0.1) is 0 Å². The monoisotopic (exact) mass is 436 g/mol. The van der Waals surface area contributed by atoms with Crippen LogP contribution in [0.3, 0.4) is 0 Å². The molecule has 3 rings (SSSR count). The highest BCUT2D eigenvalue weighted by Crippen LogP contribution is 2.32. The van der Waals surface area contributed by atoms with Gasteiger partial charge in [-0.05, 0) is 34.9 Å². The van der Waals surface area contributed by atoms with Crippen LogP contribution in [-0.2, 0) is 9.84 Å². The molecule has 2 aromatic carbocycles. The van der Waals surface area contributed by atoms with Crippen molar-refractivity contribution in [1.82, 2.24) is 4.98 Å². The maximum absolute atomic E-state index is 11.7. The van der Waals surface area contributed by atoms with Crippen molar-refractivity contribution in [3.05, 3.63) is 82.1 Å². The van der Waals surface area contributed by atoms with E-state index >= 15 is 0 Å². The van der Waals surface area contributed by atoms with Crippen molar-refractivity contribution < 1.29 is 13.5 Å². The van der Waals surface area contributed by atoms with Crippen LogP contribution in [0.5, 0.6) is 0 Å². The largest absolute Gasteiger partial charge is 0.386 e. The highest BCUT2D eigenvalue weighted by Gasteiger charge is 2.20. The van der Waals surface area contributed by atoms with Crippen LogP contribution < -0.4 is 5.73 Å². The van der Waals surface area contributed by atoms with E-state index in [4.69, 9.17) is 28.9 Å². The van der Waals surface area contributed by atoms with Crippen LogP contribution in [0.1, 0.15) is 23.3 Å². The standard InChI is InChI=1S/C20H18Cl2N2O3S/c1-28(26,27)16-8-15(10-24-11-16)12-2-4-13(5-3-12)20(25)19(23)14-6-7-17(21)18(22)9-14/h2-11,19-20,25H,23H2,1H3. The van der Waals surface area contributed by atoms with Crippen molar-refractivity contribution in [1.29, 1.82) is 0 Å². The lowest BCUT2D eigenvalue weighted by molar-refractivity contribution is 0.147. The zero-order chi connectivity index (χ0) is 20.5. The molecule has 0 spiro atoms. The molecular weight excluding hydrogens is 419 g/mol. The molecule has 3 aromatic rings. The molecule has 0 amide bonds. The van der Waals surface area contributed by atoms with E-state index in [2.05, 4.69) is 4.98 Å². The third kappa shape index (κ3) is 4.54. The molecular formula is C20H18Cl2N2O3S. The van der Waals surface area contributed by atoms with Crippen LogP contribution in [-0.4, -0.2) is 24.8 Å². The summed E-state index contributed by atoms with van der Waals surface area (Å²) in [6.07, 6.45) is 3.08. The molecule has 2 atom stereocenters. The van der Waals surface area contributed by atoms with Crippen LogP contribution in [0.2, 0.25) is 10.0 Å². The summed E-state index contributed by atoms with van der Waals surface area (Å²) < 4.78 is 23.4. The molecule has 0 aliphatic carbocycles.